The minimum absolute atomic E-state index is 0.00816. The molecule has 23 heavy (non-hydrogen) atoms. The summed E-state index contributed by atoms with van der Waals surface area (Å²) in [6, 6.07) is 9.30. The molecule has 2 aromatic carbocycles. The van der Waals surface area contributed by atoms with Gasteiger partial charge in [0.25, 0.3) is 0 Å². The van der Waals surface area contributed by atoms with Crippen molar-refractivity contribution in [3.8, 4) is 23.0 Å². The zero-order valence-corrected chi connectivity index (χ0v) is 12.2. The van der Waals surface area contributed by atoms with Gasteiger partial charge in [-0.2, -0.15) is 0 Å². The van der Waals surface area contributed by atoms with Crippen molar-refractivity contribution in [2.75, 3.05) is 7.11 Å². The summed E-state index contributed by atoms with van der Waals surface area (Å²) in [6.07, 6.45) is 0.178. The highest BCUT2D eigenvalue weighted by Gasteiger charge is 2.17. The molecule has 0 bridgehead atoms. The van der Waals surface area contributed by atoms with Gasteiger partial charge >= 0.3 is 0 Å². The number of methoxy groups -OCH3 is 1. The number of phenolic OH excluding ortho intramolecular Hbond substituents is 2. The van der Waals surface area contributed by atoms with Crippen LogP contribution in [0, 0.1) is 0 Å². The monoisotopic (exact) mass is 314 g/mol. The van der Waals surface area contributed by atoms with Crippen LogP contribution >= 0.6 is 0 Å². The summed E-state index contributed by atoms with van der Waals surface area (Å²) in [4.78, 5) is 12.2. The molecule has 6 nitrogen and oxygen atoms in total. The summed E-state index contributed by atoms with van der Waals surface area (Å²) < 4.78 is 10.6. The first-order chi connectivity index (χ1) is 11.0. The minimum atomic E-state index is -0.743. The molecule has 3 rings (SSSR count). The average Bonchev–Trinajstić information content (AvgIpc) is 2.52. The second-order valence-electron chi connectivity index (χ2n) is 5.07. The van der Waals surface area contributed by atoms with E-state index in [9.17, 15) is 20.1 Å². The Morgan fingerprint density at radius 1 is 1.09 bits per heavy atom. The molecular weight excluding hydrogens is 300 g/mol. The van der Waals surface area contributed by atoms with Gasteiger partial charge in [-0.15, -0.1) is 0 Å². The van der Waals surface area contributed by atoms with E-state index in [4.69, 9.17) is 9.15 Å². The van der Waals surface area contributed by atoms with Crippen LogP contribution in [0.5, 0.6) is 23.0 Å². The topological polar surface area (TPSA) is 100 Å². The molecule has 0 radical (unpaired) electrons. The number of rotatable bonds is 3. The van der Waals surface area contributed by atoms with Crippen molar-refractivity contribution in [2.24, 2.45) is 0 Å². The maximum absolute atomic E-state index is 12.2. The molecule has 0 spiro atoms. The van der Waals surface area contributed by atoms with Gasteiger partial charge in [-0.1, -0.05) is 12.1 Å². The number of hydrogen-bond acceptors (Lipinski definition) is 6. The number of benzene rings is 2. The van der Waals surface area contributed by atoms with Crippen LogP contribution < -0.4 is 10.2 Å². The zero-order valence-electron chi connectivity index (χ0n) is 12.2. The van der Waals surface area contributed by atoms with Crippen molar-refractivity contribution in [3.63, 3.8) is 0 Å². The lowest BCUT2D eigenvalue weighted by Crippen LogP contribution is -2.05. The summed E-state index contributed by atoms with van der Waals surface area (Å²) >= 11 is 0. The van der Waals surface area contributed by atoms with Crippen LogP contribution in [0.2, 0.25) is 0 Å². The summed E-state index contributed by atoms with van der Waals surface area (Å²) in [5.74, 6) is -0.501. The fourth-order valence-electron chi connectivity index (χ4n) is 2.37. The van der Waals surface area contributed by atoms with Gasteiger partial charge in [0.1, 0.15) is 28.2 Å². The third-order valence-corrected chi connectivity index (χ3v) is 3.53. The van der Waals surface area contributed by atoms with Crippen LogP contribution in [0.25, 0.3) is 11.0 Å². The molecular formula is C17H14O6. The van der Waals surface area contributed by atoms with Gasteiger partial charge in [0.05, 0.1) is 7.11 Å². The Hall–Kier alpha value is -3.15. The molecule has 0 saturated heterocycles. The summed E-state index contributed by atoms with van der Waals surface area (Å²) in [5, 5.41) is 29.1. The molecule has 0 unspecified atom stereocenters. The van der Waals surface area contributed by atoms with E-state index in [-0.39, 0.29) is 28.9 Å². The van der Waals surface area contributed by atoms with Crippen molar-refractivity contribution < 1.29 is 24.5 Å². The molecule has 118 valence electrons. The molecule has 0 atom stereocenters. The van der Waals surface area contributed by atoms with Gasteiger partial charge in [-0.05, 0) is 17.7 Å². The van der Waals surface area contributed by atoms with Gasteiger partial charge in [0.15, 0.2) is 5.76 Å². The van der Waals surface area contributed by atoms with E-state index in [2.05, 4.69) is 0 Å². The number of hydrogen-bond donors (Lipinski definition) is 3. The molecule has 0 saturated carbocycles. The molecule has 1 aromatic heterocycles. The third-order valence-electron chi connectivity index (χ3n) is 3.53. The average molecular weight is 314 g/mol. The van der Waals surface area contributed by atoms with E-state index in [0.29, 0.717) is 5.75 Å². The van der Waals surface area contributed by atoms with Crippen molar-refractivity contribution in [2.45, 2.75) is 6.42 Å². The molecule has 1 heterocycles. The highest BCUT2D eigenvalue weighted by molar-refractivity contribution is 5.85. The summed E-state index contributed by atoms with van der Waals surface area (Å²) in [5.41, 5.74) is 0.0639. The number of fused-ring (bicyclic) bond motifs is 1. The van der Waals surface area contributed by atoms with Crippen molar-refractivity contribution in [1.82, 2.24) is 0 Å². The van der Waals surface area contributed by atoms with E-state index in [1.54, 1.807) is 31.4 Å². The number of ether oxygens (including phenoxy) is 1. The molecule has 0 aliphatic rings. The molecule has 0 aliphatic carbocycles. The lowest BCUT2D eigenvalue weighted by Gasteiger charge is -2.08. The Morgan fingerprint density at radius 2 is 1.78 bits per heavy atom. The zero-order chi connectivity index (χ0) is 16.6. The summed E-state index contributed by atoms with van der Waals surface area (Å²) in [6.45, 7) is 0. The minimum Gasteiger partial charge on any atom is -0.508 e. The standard InChI is InChI=1S/C17H14O6/c1-22-11-4-2-9(3-5-11)6-14-16(20)17(21)15-12(19)7-10(18)8-13(15)23-14/h2-5,7-8,18-20H,6H2,1H3. The van der Waals surface area contributed by atoms with Crippen LogP contribution in [0.15, 0.2) is 45.6 Å². The lowest BCUT2D eigenvalue weighted by molar-refractivity contribution is 0.413. The molecule has 0 aliphatic heterocycles. The first-order valence-electron chi connectivity index (χ1n) is 6.83. The Labute approximate surface area is 130 Å². The molecule has 3 aromatic rings. The van der Waals surface area contributed by atoms with Crippen LogP contribution in [-0.2, 0) is 6.42 Å². The van der Waals surface area contributed by atoms with Gasteiger partial charge < -0.3 is 24.5 Å². The largest absolute Gasteiger partial charge is 0.508 e. The maximum Gasteiger partial charge on any atom is 0.238 e. The normalized spacial score (nSPS) is 10.8. The molecule has 0 amide bonds. The molecule has 3 N–H and O–H groups in total. The predicted molar refractivity (Wildman–Crippen MR) is 83.3 cm³/mol. The fourth-order valence-corrected chi connectivity index (χ4v) is 2.37. The second kappa shape index (κ2) is 5.57. The maximum atomic E-state index is 12.2. The molecule has 6 heteroatoms. The van der Waals surface area contributed by atoms with E-state index in [0.717, 1.165) is 11.6 Å². The van der Waals surface area contributed by atoms with Gasteiger partial charge in [-0.3, -0.25) is 4.79 Å². The van der Waals surface area contributed by atoms with E-state index in [1.165, 1.54) is 6.07 Å². The van der Waals surface area contributed by atoms with Crippen LogP contribution in [-0.4, -0.2) is 22.4 Å². The molecule has 0 fully saturated rings. The van der Waals surface area contributed by atoms with Gasteiger partial charge in [0, 0.05) is 18.6 Å². The predicted octanol–water partition coefficient (Wildman–Crippen LogP) is 2.51. The SMILES string of the molecule is COc1ccc(Cc2oc3cc(O)cc(O)c3c(=O)c2O)cc1. The third kappa shape index (κ3) is 2.66. The van der Waals surface area contributed by atoms with Gasteiger partial charge in [0.2, 0.25) is 11.2 Å². The number of aromatic hydroxyl groups is 3. The van der Waals surface area contributed by atoms with Gasteiger partial charge in [-0.25, -0.2) is 0 Å². The van der Waals surface area contributed by atoms with Crippen molar-refractivity contribution >= 4 is 11.0 Å². The van der Waals surface area contributed by atoms with Crippen molar-refractivity contribution in [1.29, 1.82) is 0 Å². The van der Waals surface area contributed by atoms with Crippen LogP contribution in [0.3, 0.4) is 0 Å². The highest BCUT2D eigenvalue weighted by Crippen LogP contribution is 2.31. The Morgan fingerprint density at radius 3 is 2.43 bits per heavy atom. The first kappa shape index (κ1) is 14.8. The lowest BCUT2D eigenvalue weighted by atomic mass is 10.1. The Kier molecular flexibility index (Phi) is 3.57. The second-order valence-corrected chi connectivity index (χ2v) is 5.07. The van der Waals surface area contributed by atoms with Crippen molar-refractivity contribution in [3.05, 3.63) is 57.9 Å². The quantitative estimate of drug-likeness (QED) is 0.687. The van der Waals surface area contributed by atoms with E-state index in [1.807, 2.05) is 0 Å². The van der Waals surface area contributed by atoms with E-state index >= 15 is 0 Å². The Balaban J connectivity index is 2.10. The number of phenols is 2. The summed E-state index contributed by atoms with van der Waals surface area (Å²) in [7, 11) is 1.56. The highest BCUT2D eigenvalue weighted by atomic mass is 16.5. The Bertz CT molecular complexity index is 924. The first-order valence-corrected chi connectivity index (χ1v) is 6.83. The van der Waals surface area contributed by atoms with Crippen LogP contribution in [0.1, 0.15) is 11.3 Å². The van der Waals surface area contributed by atoms with E-state index < -0.39 is 16.9 Å². The fraction of sp³-hybridized carbons (Fsp3) is 0.118. The smallest absolute Gasteiger partial charge is 0.238 e. The van der Waals surface area contributed by atoms with Crippen LogP contribution in [0.4, 0.5) is 0 Å².